The minimum Gasteiger partial charge on any atom is -0.493 e. The monoisotopic (exact) mass is 277 g/mol. The van der Waals surface area contributed by atoms with E-state index in [1.54, 1.807) is 0 Å². The van der Waals surface area contributed by atoms with E-state index in [2.05, 4.69) is 54.3 Å². The first-order valence-corrected chi connectivity index (χ1v) is 7.50. The van der Waals surface area contributed by atoms with Gasteiger partial charge in [-0.1, -0.05) is 0 Å². The fourth-order valence-electron chi connectivity index (χ4n) is 2.48. The predicted molar refractivity (Wildman–Crippen MR) is 84.9 cm³/mol. The number of rotatable bonds is 6. The number of piperazine rings is 1. The Morgan fingerprint density at radius 3 is 2.65 bits per heavy atom. The van der Waals surface area contributed by atoms with Crippen molar-refractivity contribution in [3.63, 3.8) is 0 Å². The third-order valence-electron chi connectivity index (χ3n) is 3.65. The maximum atomic E-state index is 5.87. The predicted octanol–water partition coefficient (Wildman–Crippen LogP) is 1.74. The van der Waals surface area contributed by atoms with Crippen molar-refractivity contribution < 1.29 is 4.74 Å². The smallest absolute Gasteiger partial charge is 0.122 e. The number of ether oxygens (including phenoxy) is 1. The zero-order chi connectivity index (χ0) is 14.4. The van der Waals surface area contributed by atoms with Crippen LogP contribution >= 0.6 is 0 Å². The molecule has 0 radical (unpaired) electrons. The van der Waals surface area contributed by atoms with E-state index < -0.39 is 0 Å². The molecular formula is C16H27N3O. The summed E-state index contributed by atoms with van der Waals surface area (Å²) in [7, 11) is 4.18. The fraction of sp³-hybridized carbons (Fsp3) is 0.625. The van der Waals surface area contributed by atoms with Crippen LogP contribution in [-0.4, -0.2) is 58.3 Å². The first-order chi connectivity index (χ1) is 9.66. The maximum absolute atomic E-state index is 5.87. The van der Waals surface area contributed by atoms with E-state index >= 15 is 0 Å². The Morgan fingerprint density at radius 1 is 1.25 bits per heavy atom. The van der Waals surface area contributed by atoms with Gasteiger partial charge in [0.05, 0.1) is 6.61 Å². The number of hydrogen-bond donors (Lipinski definition) is 1. The van der Waals surface area contributed by atoms with Crippen LogP contribution in [0.3, 0.4) is 0 Å². The molecule has 0 atom stereocenters. The normalized spacial score (nSPS) is 15.7. The highest BCUT2D eigenvalue weighted by molar-refractivity contribution is 5.53. The highest BCUT2D eigenvalue weighted by Gasteiger charge is 2.11. The van der Waals surface area contributed by atoms with Gasteiger partial charge in [0.1, 0.15) is 5.75 Å². The minimum absolute atomic E-state index is 0.784. The quantitative estimate of drug-likeness (QED) is 0.802. The molecule has 0 bridgehead atoms. The van der Waals surface area contributed by atoms with Crippen LogP contribution in [0.4, 0.5) is 5.69 Å². The topological polar surface area (TPSA) is 27.7 Å². The van der Waals surface area contributed by atoms with Crippen molar-refractivity contribution in [3.05, 3.63) is 23.8 Å². The molecule has 1 aliphatic heterocycles. The van der Waals surface area contributed by atoms with Crippen LogP contribution < -0.4 is 15.0 Å². The summed E-state index contributed by atoms with van der Waals surface area (Å²) < 4.78 is 5.87. The average molecular weight is 277 g/mol. The third kappa shape index (κ3) is 4.39. The Bertz CT molecular complexity index is 414. The van der Waals surface area contributed by atoms with Gasteiger partial charge in [-0.05, 0) is 51.2 Å². The second-order valence-corrected chi connectivity index (χ2v) is 5.69. The summed E-state index contributed by atoms with van der Waals surface area (Å²) in [5, 5.41) is 3.38. The van der Waals surface area contributed by atoms with Crippen molar-refractivity contribution in [2.75, 3.05) is 58.3 Å². The summed E-state index contributed by atoms with van der Waals surface area (Å²) in [4.78, 5) is 4.61. The van der Waals surface area contributed by atoms with Gasteiger partial charge in [-0.3, -0.25) is 0 Å². The molecule has 112 valence electrons. The fourth-order valence-corrected chi connectivity index (χ4v) is 2.48. The molecule has 0 saturated carbocycles. The van der Waals surface area contributed by atoms with E-state index in [1.165, 1.54) is 11.3 Å². The molecule has 20 heavy (non-hydrogen) atoms. The van der Waals surface area contributed by atoms with Crippen LogP contribution in [0.1, 0.15) is 12.0 Å². The molecule has 1 aromatic carbocycles. The number of nitrogens with one attached hydrogen (secondary N) is 1. The van der Waals surface area contributed by atoms with Gasteiger partial charge in [-0.15, -0.1) is 0 Å². The zero-order valence-electron chi connectivity index (χ0n) is 13.0. The van der Waals surface area contributed by atoms with Gasteiger partial charge in [-0.25, -0.2) is 0 Å². The van der Waals surface area contributed by atoms with Crippen molar-refractivity contribution in [2.45, 2.75) is 13.3 Å². The highest BCUT2D eigenvalue weighted by Crippen LogP contribution is 2.24. The molecule has 1 aliphatic rings. The molecule has 0 spiro atoms. The lowest BCUT2D eigenvalue weighted by Crippen LogP contribution is -2.43. The molecule has 1 aromatic rings. The molecule has 0 amide bonds. The SMILES string of the molecule is Cc1cc(N2CCNCC2)ccc1OCCCN(C)C. The molecular weight excluding hydrogens is 250 g/mol. The summed E-state index contributed by atoms with van der Waals surface area (Å²) in [6, 6.07) is 6.54. The number of benzene rings is 1. The van der Waals surface area contributed by atoms with E-state index in [-0.39, 0.29) is 0 Å². The van der Waals surface area contributed by atoms with Crippen LogP contribution in [0, 0.1) is 6.92 Å². The minimum atomic E-state index is 0.784. The molecule has 0 aromatic heterocycles. The number of aryl methyl sites for hydroxylation is 1. The Hall–Kier alpha value is -1.26. The van der Waals surface area contributed by atoms with Gasteiger partial charge in [0.25, 0.3) is 0 Å². The molecule has 0 aliphatic carbocycles. The first-order valence-electron chi connectivity index (χ1n) is 7.50. The van der Waals surface area contributed by atoms with Crippen molar-refractivity contribution in [1.82, 2.24) is 10.2 Å². The molecule has 4 heteroatoms. The largest absolute Gasteiger partial charge is 0.493 e. The summed E-state index contributed by atoms with van der Waals surface area (Å²) in [5.41, 5.74) is 2.54. The second-order valence-electron chi connectivity index (χ2n) is 5.69. The lowest BCUT2D eigenvalue weighted by atomic mass is 10.1. The lowest BCUT2D eigenvalue weighted by Gasteiger charge is -2.30. The number of anilines is 1. The van der Waals surface area contributed by atoms with E-state index in [9.17, 15) is 0 Å². The summed E-state index contributed by atoms with van der Waals surface area (Å²) in [6.07, 6.45) is 1.06. The van der Waals surface area contributed by atoms with Gasteiger partial charge >= 0.3 is 0 Å². The lowest BCUT2D eigenvalue weighted by molar-refractivity contribution is 0.280. The Kier molecular flexibility index (Phi) is 5.68. The average Bonchev–Trinajstić information content (AvgIpc) is 2.45. The number of hydrogen-bond acceptors (Lipinski definition) is 4. The van der Waals surface area contributed by atoms with E-state index in [0.29, 0.717) is 0 Å². The van der Waals surface area contributed by atoms with E-state index in [1.807, 2.05) is 0 Å². The molecule has 4 nitrogen and oxygen atoms in total. The van der Waals surface area contributed by atoms with Crippen LogP contribution in [-0.2, 0) is 0 Å². The third-order valence-corrected chi connectivity index (χ3v) is 3.65. The van der Waals surface area contributed by atoms with E-state index in [0.717, 1.165) is 51.5 Å². The van der Waals surface area contributed by atoms with Crippen LogP contribution in [0.15, 0.2) is 18.2 Å². The molecule has 1 N–H and O–H groups in total. The molecule has 2 rings (SSSR count). The molecule has 1 fully saturated rings. The number of nitrogens with zero attached hydrogens (tertiary/aromatic N) is 2. The van der Waals surface area contributed by atoms with Crippen molar-refractivity contribution in [2.24, 2.45) is 0 Å². The summed E-state index contributed by atoms with van der Waals surface area (Å²) in [5.74, 6) is 1.02. The zero-order valence-corrected chi connectivity index (χ0v) is 13.0. The molecule has 1 heterocycles. The van der Waals surface area contributed by atoms with Crippen molar-refractivity contribution in [3.8, 4) is 5.75 Å². The van der Waals surface area contributed by atoms with Gasteiger partial charge in [0, 0.05) is 38.4 Å². The second kappa shape index (κ2) is 7.50. The van der Waals surface area contributed by atoms with Gasteiger partial charge < -0.3 is 19.9 Å². The Balaban J connectivity index is 1.88. The van der Waals surface area contributed by atoms with Crippen molar-refractivity contribution >= 4 is 5.69 Å². The van der Waals surface area contributed by atoms with E-state index in [4.69, 9.17) is 4.74 Å². The van der Waals surface area contributed by atoms with Gasteiger partial charge in [-0.2, -0.15) is 0 Å². The van der Waals surface area contributed by atoms with Crippen LogP contribution in [0.25, 0.3) is 0 Å². The Morgan fingerprint density at radius 2 is 2.00 bits per heavy atom. The van der Waals surface area contributed by atoms with Crippen molar-refractivity contribution in [1.29, 1.82) is 0 Å². The van der Waals surface area contributed by atoms with Gasteiger partial charge in [0.2, 0.25) is 0 Å². The highest BCUT2D eigenvalue weighted by atomic mass is 16.5. The maximum Gasteiger partial charge on any atom is 0.122 e. The summed E-state index contributed by atoms with van der Waals surface area (Å²) >= 11 is 0. The van der Waals surface area contributed by atoms with Gasteiger partial charge in [0.15, 0.2) is 0 Å². The van der Waals surface area contributed by atoms with Crippen LogP contribution in [0.5, 0.6) is 5.75 Å². The molecule has 0 unspecified atom stereocenters. The molecule has 1 saturated heterocycles. The Labute approximate surface area is 122 Å². The summed E-state index contributed by atoms with van der Waals surface area (Å²) in [6.45, 7) is 8.30. The van der Waals surface area contributed by atoms with Crippen LogP contribution in [0.2, 0.25) is 0 Å². The standard InChI is InChI=1S/C16H27N3O/c1-14-13-15(19-10-7-17-8-11-19)5-6-16(14)20-12-4-9-18(2)3/h5-6,13,17H,4,7-12H2,1-3H3. The first kappa shape index (κ1) is 15.1.